The van der Waals surface area contributed by atoms with Gasteiger partial charge in [0.05, 0.1) is 22.7 Å². The first-order valence-electron chi connectivity index (χ1n) is 11.8. The number of anilines is 2. The minimum absolute atomic E-state index is 0.146. The van der Waals surface area contributed by atoms with Crippen LogP contribution in [0.2, 0.25) is 0 Å². The average molecular weight is 488 g/mol. The molecule has 2 saturated heterocycles. The molecule has 36 heavy (non-hydrogen) atoms. The number of rotatable bonds is 5. The summed E-state index contributed by atoms with van der Waals surface area (Å²) >= 11 is 0. The molecule has 184 valence electrons. The molecule has 2 fully saturated rings. The Morgan fingerprint density at radius 1 is 0.972 bits per heavy atom. The van der Waals surface area contributed by atoms with Crippen molar-refractivity contribution in [1.82, 2.24) is 14.9 Å². The third-order valence-electron chi connectivity index (χ3n) is 7.02. The molecule has 11 nitrogen and oxygen atoms in total. The van der Waals surface area contributed by atoms with Crippen molar-refractivity contribution >= 4 is 23.2 Å². The molecule has 0 saturated carbocycles. The first-order valence-corrected chi connectivity index (χ1v) is 11.8. The standard InChI is InChI=1S/C25H25N7O4/c26-17-25(19-5-2-1-3-6-19)8-10-29(11-9-25)22-21(32(34)35)23(28-18-27-22)30-12-14-31(15-13-30)24(33)20-7-4-16-36-20/h1-7,16,18H,8-15H2. The van der Waals surface area contributed by atoms with Crippen LogP contribution in [-0.2, 0) is 5.41 Å². The lowest BCUT2D eigenvalue weighted by molar-refractivity contribution is -0.383. The van der Waals surface area contributed by atoms with Crippen molar-refractivity contribution in [2.45, 2.75) is 18.3 Å². The number of amides is 1. The molecule has 2 aliphatic heterocycles. The van der Waals surface area contributed by atoms with E-state index >= 15 is 0 Å². The molecule has 0 radical (unpaired) electrons. The Bertz CT molecular complexity index is 1270. The Morgan fingerprint density at radius 3 is 2.17 bits per heavy atom. The Morgan fingerprint density at radius 2 is 1.61 bits per heavy atom. The fourth-order valence-corrected chi connectivity index (χ4v) is 4.99. The summed E-state index contributed by atoms with van der Waals surface area (Å²) in [6.45, 7) is 2.50. The van der Waals surface area contributed by atoms with Crippen LogP contribution >= 0.6 is 0 Å². The Balaban J connectivity index is 1.34. The zero-order valence-corrected chi connectivity index (χ0v) is 19.6. The van der Waals surface area contributed by atoms with Gasteiger partial charge in [0.1, 0.15) is 6.33 Å². The molecule has 0 atom stereocenters. The molecule has 0 N–H and O–H groups in total. The third kappa shape index (κ3) is 4.22. The van der Waals surface area contributed by atoms with Gasteiger partial charge in [-0.1, -0.05) is 30.3 Å². The second-order valence-corrected chi connectivity index (χ2v) is 8.93. The molecule has 0 unspecified atom stereocenters. The van der Waals surface area contributed by atoms with Crippen molar-refractivity contribution in [3.05, 3.63) is 76.5 Å². The molecular formula is C25H25N7O4. The van der Waals surface area contributed by atoms with E-state index in [4.69, 9.17) is 4.42 Å². The Kier molecular flexibility index (Phi) is 6.25. The number of hydrogen-bond donors (Lipinski definition) is 0. The van der Waals surface area contributed by atoms with Gasteiger partial charge in [0.15, 0.2) is 5.76 Å². The van der Waals surface area contributed by atoms with Crippen LogP contribution in [-0.4, -0.2) is 65.0 Å². The highest BCUT2D eigenvalue weighted by Gasteiger charge is 2.39. The van der Waals surface area contributed by atoms with Gasteiger partial charge in [0, 0.05) is 39.3 Å². The number of carbonyl (C=O) groups is 1. The quantitative estimate of drug-likeness (QED) is 0.393. The number of nitro groups is 1. The van der Waals surface area contributed by atoms with E-state index in [9.17, 15) is 20.2 Å². The number of piperazine rings is 1. The highest BCUT2D eigenvalue weighted by atomic mass is 16.6. The van der Waals surface area contributed by atoms with E-state index in [-0.39, 0.29) is 29.0 Å². The second kappa shape index (κ2) is 9.65. The third-order valence-corrected chi connectivity index (χ3v) is 7.02. The molecule has 2 aliphatic rings. The molecule has 0 aliphatic carbocycles. The Hall–Kier alpha value is -4.46. The van der Waals surface area contributed by atoms with Crippen LogP contribution in [0.5, 0.6) is 0 Å². The van der Waals surface area contributed by atoms with Gasteiger partial charge in [-0.3, -0.25) is 14.9 Å². The zero-order chi connectivity index (χ0) is 25.1. The summed E-state index contributed by atoms with van der Waals surface area (Å²) in [6, 6.07) is 15.4. The summed E-state index contributed by atoms with van der Waals surface area (Å²) in [7, 11) is 0. The molecule has 2 aromatic heterocycles. The predicted molar refractivity (Wildman–Crippen MR) is 131 cm³/mol. The number of carbonyl (C=O) groups excluding carboxylic acids is 1. The van der Waals surface area contributed by atoms with Gasteiger partial charge in [-0.15, -0.1) is 0 Å². The summed E-state index contributed by atoms with van der Waals surface area (Å²) in [5, 5.41) is 22.2. The van der Waals surface area contributed by atoms with Crippen LogP contribution in [0.3, 0.4) is 0 Å². The van der Waals surface area contributed by atoms with Gasteiger partial charge in [0.25, 0.3) is 5.91 Å². The van der Waals surface area contributed by atoms with Gasteiger partial charge in [-0.05, 0) is 30.5 Å². The molecule has 1 amide bonds. The van der Waals surface area contributed by atoms with Crippen molar-refractivity contribution < 1.29 is 14.1 Å². The fraction of sp³-hybridized carbons (Fsp3) is 0.360. The van der Waals surface area contributed by atoms with E-state index in [1.54, 1.807) is 17.0 Å². The van der Waals surface area contributed by atoms with Crippen LogP contribution in [0.15, 0.2) is 59.5 Å². The number of benzene rings is 1. The monoisotopic (exact) mass is 487 g/mol. The minimum atomic E-state index is -0.626. The molecule has 0 bridgehead atoms. The van der Waals surface area contributed by atoms with E-state index < -0.39 is 10.3 Å². The summed E-state index contributed by atoms with van der Waals surface area (Å²) < 4.78 is 5.20. The van der Waals surface area contributed by atoms with Crippen LogP contribution in [0.25, 0.3) is 0 Å². The highest BCUT2D eigenvalue weighted by molar-refractivity contribution is 5.91. The maximum atomic E-state index is 12.6. The van der Waals surface area contributed by atoms with E-state index in [1.165, 1.54) is 12.6 Å². The largest absolute Gasteiger partial charge is 0.459 e. The number of nitriles is 1. The second-order valence-electron chi connectivity index (χ2n) is 8.93. The zero-order valence-electron chi connectivity index (χ0n) is 19.6. The van der Waals surface area contributed by atoms with Crippen LogP contribution in [0.1, 0.15) is 29.0 Å². The van der Waals surface area contributed by atoms with Crippen LogP contribution in [0.4, 0.5) is 17.3 Å². The summed E-state index contributed by atoms with van der Waals surface area (Å²) in [4.78, 5) is 38.3. The maximum absolute atomic E-state index is 12.6. The van der Waals surface area contributed by atoms with Gasteiger partial charge in [-0.25, -0.2) is 9.97 Å². The maximum Gasteiger partial charge on any atom is 0.353 e. The van der Waals surface area contributed by atoms with Crippen LogP contribution in [0, 0.1) is 21.4 Å². The van der Waals surface area contributed by atoms with Crippen molar-refractivity contribution in [3.8, 4) is 6.07 Å². The van der Waals surface area contributed by atoms with Crippen molar-refractivity contribution in [1.29, 1.82) is 5.26 Å². The highest BCUT2D eigenvalue weighted by Crippen LogP contribution is 2.40. The first kappa shape index (κ1) is 23.3. The van der Waals surface area contributed by atoms with E-state index in [0.29, 0.717) is 52.1 Å². The van der Waals surface area contributed by atoms with Gasteiger partial charge in [-0.2, -0.15) is 5.26 Å². The van der Waals surface area contributed by atoms with E-state index in [0.717, 1.165) is 5.56 Å². The van der Waals surface area contributed by atoms with E-state index in [1.807, 2.05) is 40.1 Å². The molecule has 0 spiro atoms. The molecule has 4 heterocycles. The summed E-state index contributed by atoms with van der Waals surface area (Å²) in [6.07, 6.45) is 3.88. The summed E-state index contributed by atoms with van der Waals surface area (Å²) in [5.41, 5.74) is 0.193. The molecule has 5 rings (SSSR count). The van der Waals surface area contributed by atoms with Gasteiger partial charge in [0.2, 0.25) is 11.6 Å². The first-order chi connectivity index (χ1) is 17.5. The number of nitrogens with zero attached hydrogens (tertiary/aromatic N) is 7. The molecular weight excluding hydrogens is 462 g/mol. The summed E-state index contributed by atoms with van der Waals surface area (Å²) in [5.74, 6) is 0.576. The molecule has 11 heteroatoms. The number of aromatic nitrogens is 2. The average Bonchev–Trinajstić information content (AvgIpc) is 3.48. The lowest BCUT2D eigenvalue weighted by atomic mass is 9.74. The number of piperidine rings is 1. The SMILES string of the molecule is N#CC1(c2ccccc2)CCN(c2ncnc(N3CCN(C(=O)c4ccco4)CC3)c2[N+](=O)[O-])CC1. The topological polar surface area (TPSA) is 133 Å². The van der Waals surface area contributed by atoms with Gasteiger partial charge >= 0.3 is 5.69 Å². The fourth-order valence-electron chi connectivity index (χ4n) is 4.99. The molecule has 3 aromatic rings. The van der Waals surface area contributed by atoms with Gasteiger partial charge < -0.3 is 19.1 Å². The lowest BCUT2D eigenvalue weighted by Crippen LogP contribution is -2.49. The van der Waals surface area contributed by atoms with E-state index in [2.05, 4.69) is 16.0 Å². The smallest absolute Gasteiger partial charge is 0.353 e. The van der Waals surface area contributed by atoms with Crippen LogP contribution < -0.4 is 9.80 Å². The number of hydrogen-bond acceptors (Lipinski definition) is 9. The Labute approximate surface area is 207 Å². The normalized spacial score (nSPS) is 17.5. The lowest BCUT2D eigenvalue weighted by Gasteiger charge is -2.38. The molecule has 1 aromatic carbocycles. The minimum Gasteiger partial charge on any atom is -0.459 e. The predicted octanol–water partition coefficient (Wildman–Crippen LogP) is 3.00. The number of furan rings is 1. The van der Waals surface area contributed by atoms with Crippen molar-refractivity contribution in [2.75, 3.05) is 49.1 Å². The van der Waals surface area contributed by atoms with Crippen molar-refractivity contribution in [2.24, 2.45) is 0 Å². The van der Waals surface area contributed by atoms with Crippen molar-refractivity contribution in [3.63, 3.8) is 0 Å².